The van der Waals surface area contributed by atoms with Gasteiger partial charge in [-0.15, -0.1) is 0 Å². The molecule has 0 saturated carbocycles. The summed E-state index contributed by atoms with van der Waals surface area (Å²) in [7, 11) is 0.740. The van der Waals surface area contributed by atoms with Gasteiger partial charge in [-0.05, 0) is 6.92 Å². The van der Waals surface area contributed by atoms with Gasteiger partial charge in [0.05, 0.1) is 16.4 Å². The third-order valence-corrected chi connectivity index (χ3v) is 1.67. The average molecular weight is 119 g/mol. The highest BCUT2D eigenvalue weighted by Gasteiger charge is 2.03. The quantitative estimate of drug-likeness (QED) is 0.427. The van der Waals surface area contributed by atoms with Crippen LogP contribution in [-0.4, -0.2) is 27.5 Å². The van der Waals surface area contributed by atoms with Gasteiger partial charge in [-0.2, -0.15) is 0 Å². The zero-order valence-electron chi connectivity index (χ0n) is 4.43. The fourth-order valence-corrected chi connectivity index (χ4v) is 0.370. The second-order valence-corrected chi connectivity index (χ2v) is 1.93. The molecular weight excluding hydrogens is 110 g/mol. The SMILES string of the molecule is C[C@H](N[SiH3])C(=O)O. The van der Waals surface area contributed by atoms with Gasteiger partial charge in [0.25, 0.3) is 0 Å². The van der Waals surface area contributed by atoms with Gasteiger partial charge in [-0.1, -0.05) is 0 Å². The van der Waals surface area contributed by atoms with Crippen molar-refractivity contribution < 1.29 is 9.90 Å². The molecule has 0 radical (unpaired) electrons. The van der Waals surface area contributed by atoms with Crippen molar-refractivity contribution in [3.63, 3.8) is 0 Å². The molecule has 0 saturated heterocycles. The summed E-state index contributed by atoms with van der Waals surface area (Å²) in [6, 6.07) is -0.369. The Morgan fingerprint density at radius 1 is 2.00 bits per heavy atom. The van der Waals surface area contributed by atoms with Crippen molar-refractivity contribution in [2.75, 3.05) is 0 Å². The summed E-state index contributed by atoms with van der Waals surface area (Å²) in [5.41, 5.74) is 0. The molecule has 2 N–H and O–H groups in total. The van der Waals surface area contributed by atoms with Crippen LogP contribution < -0.4 is 4.98 Å². The van der Waals surface area contributed by atoms with Crippen LogP contribution in [0.4, 0.5) is 0 Å². The van der Waals surface area contributed by atoms with E-state index in [2.05, 4.69) is 4.98 Å². The van der Waals surface area contributed by atoms with Crippen LogP contribution in [0.1, 0.15) is 6.92 Å². The molecule has 7 heavy (non-hydrogen) atoms. The Hall–Kier alpha value is -0.353. The van der Waals surface area contributed by atoms with E-state index in [1.807, 2.05) is 0 Å². The number of aliphatic carboxylic acids is 1. The summed E-state index contributed by atoms with van der Waals surface area (Å²) in [4.78, 5) is 12.6. The normalized spacial score (nSPS) is 13.9. The van der Waals surface area contributed by atoms with Crippen LogP contribution >= 0.6 is 0 Å². The molecule has 0 aromatic rings. The summed E-state index contributed by atoms with van der Waals surface area (Å²) in [6.07, 6.45) is 0. The predicted molar refractivity (Wildman–Crippen MR) is 30.2 cm³/mol. The van der Waals surface area contributed by atoms with Crippen molar-refractivity contribution in [2.24, 2.45) is 0 Å². The van der Waals surface area contributed by atoms with E-state index < -0.39 is 5.97 Å². The standard InChI is InChI=1S/C3H9NO2Si/c1-2(4-7)3(5)6/h2,4H,1,7H3,(H,5,6)/t2-/m0/s1. The Kier molecular flexibility index (Phi) is 2.62. The minimum absolute atomic E-state index is 0.369. The topological polar surface area (TPSA) is 49.3 Å². The molecule has 42 valence electrons. The molecule has 3 nitrogen and oxygen atoms in total. The van der Waals surface area contributed by atoms with Crippen LogP contribution in [0.5, 0.6) is 0 Å². The Labute approximate surface area is 45.2 Å². The van der Waals surface area contributed by atoms with E-state index in [1.54, 1.807) is 6.92 Å². The number of carboxylic acids is 1. The molecule has 0 spiro atoms. The van der Waals surface area contributed by atoms with Gasteiger partial charge >= 0.3 is 5.97 Å². The maximum absolute atomic E-state index is 9.89. The third kappa shape index (κ3) is 2.36. The number of carbonyl (C=O) groups is 1. The minimum atomic E-state index is -0.782. The van der Waals surface area contributed by atoms with Gasteiger partial charge in [0.15, 0.2) is 0 Å². The lowest BCUT2D eigenvalue weighted by Crippen LogP contribution is -2.31. The lowest BCUT2D eigenvalue weighted by Gasteiger charge is -1.99. The zero-order chi connectivity index (χ0) is 5.86. The molecule has 4 heteroatoms. The van der Waals surface area contributed by atoms with Crippen LogP contribution in [0.25, 0.3) is 0 Å². The number of rotatable bonds is 2. The van der Waals surface area contributed by atoms with Gasteiger partial charge in [0, 0.05) is 0 Å². The van der Waals surface area contributed by atoms with Crippen molar-refractivity contribution in [1.29, 1.82) is 0 Å². The summed E-state index contributed by atoms with van der Waals surface area (Å²) < 4.78 is 0. The number of hydrogen-bond acceptors (Lipinski definition) is 2. The maximum atomic E-state index is 9.89. The van der Waals surface area contributed by atoms with Crippen LogP contribution in [0.3, 0.4) is 0 Å². The van der Waals surface area contributed by atoms with Crippen molar-refractivity contribution in [3.8, 4) is 0 Å². The number of nitrogens with one attached hydrogen (secondary N) is 1. The second-order valence-electron chi connectivity index (χ2n) is 1.35. The van der Waals surface area contributed by atoms with E-state index in [4.69, 9.17) is 5.11 Å². The Morgan fingerprint density at radius 3 is 2.43 bits per heavy atom. The van der Waals surface area contributed by atoms with Crippen molar-refractivity contribution in [3.05, 3.63) is 0 Å². The fraction of sp³-hybridized carbons (Fsp3) is 0.667. The van der Waals surface area contributed by atoms with E-state index in [-0.39, 0.29) is 6.04 Å². The largest absolute Gasteiger partial charge is 0.480 e. The first-order valence-corrected chi connectivity index (χ1v) is 3.08. The molecule has 1 atom stereocenters. The highest BCUT2D eigenvalue weighted by Crippen LogP contribution is 1.73. The average Bonchev–Trinajstić information content (AvgIpc) is 1.65. The Balaban J connectivity index is 3.34. The highest BCUT2D eigenvalue weighted by atomic mass is 28.2. The fourth-order valence-electron chi connectivity index (χ4n) is 0.123. The van der Waals surface area contributed by atoms with Gasteiger partial charge < -0.3 is 10.1 Å². The molecule has 0 aliphatic rings. The van der Waals surface area contributed by atoms with Crippen molar-refractivity contribution >= 4 is 16.4 Å². The number of carboxylic acid groups (broad SMARTS) is 1. The molecule has 0 aromatic carbocycles. The second kappa shape index (κ2) is 2.76. The van der Waals surface area contributed by atoms with E-state index in [9.17, 15) is 4.79 Å². The molecule has 0 rings (SSSR count). The van der Waals surface area contributed by atoms with Gasteiger partial charge in [0.2, 0.25) is 0 Å². The monoisotopic (exact) mass is 119 g/mol. The molecule has 0 aliphatic heterocycles. The molecule has 0 aliphatic carbocycles. The summed E-state index contributed by atoms with van der Waals surface area (Å²) >= 11 is 0. The van der Waals surface area contributed by atoms with Crippen LogP contribution in [0, 0.1) is 0 Å². The number of hydrogen-bond donors (Lipinski definition) is 2. The first-order chi connectivity index (χ1) is 3.18. The van der Waals surface area contributed by atoms with Gasteiger partial charge in [-0.25, -0.2) is 0 Å². The van der Waals surface area contributed by atoms with E-state index >= 15 is 0 Å². The maximum Gasteiger partial charge on any atom is 0.319 e. The lowest BCUT2D eigenvalue weighted by atomic mass is 10.4. The Bertz CT molecular complexity index is 75.3. The van der Waals surface area contributed by atoms with Crippen molar-refractivity contribution in [1.82, 2.24) is 4.98 Å². The molecule has 0 fully saturated rings. The molecule has 0 bridgehead atoms. The molecule has 0 heterocycles. The lowest BCUT2D eigenvalue weighted by molar-refractivity contribution is -0.138. The van der Waals surface area contributed by atoms with Gasteiger partial charge in [0.1, 0.15) is 0 Å². The van der Waals surface area contributed by atoms with Crippen LogP contribution in [0.2, 0.25) is 0 Å². The smallest absolute Gasteiger partial charge is 0.319 e. The van der Waals surface area contributed by atoms with Crippen LogP contribution in [0.15, 0.2) is 0 Å². The van der Waals surface area contributed by atoms with E-state index in [0.29, 0.717) is 0 Å². The minimum Gasteiger partial charge on any atom is -0.480 e. The molecule has 0 unspecified atom stereocenters. The highest BCUT2D eigenvalue weighted by molar-refractivity contribution is 6.06. The Morgan fingerprint density at radius 2 is 2.43 bits per heavy atom. The van der Waals surface area contributed by atoms with E-state index in [0.717, 1.165) is 10.4 Å². The third-order valence-electron chi connectivity index (χ3n) is 0.803. The summed E-state index contributed by atoms with van der Waals surface area (Å²) in [5.74, 6) is -0.782. The van der Waals surface area contributed by atoms with Crippen LogP contribution in [-0.2, 0) is 4.79 Å². The summed E-state index contributed by atoms with van der Waals surface area (Å²) in [5, 5.41) is 8.14. The molecular formula is C3H9NO2Si. The van der Waals surface area contributed by atoms with Gasteiger partial charge in [-0.3, -0.25) is 4.79 Å². The molecule has 0 aromatic heterocycles. The van der Waals surface area contributed by atoms with E-state index in [1.165, 1.54) is 0 Å². The first kappa shape index (κ1) is 6.65. The first-order valence-electron chi connectivity index (χ1n) is 2.08. The summed E-state index contributed by atoms with van der Waals surface area (Å²) in [6.45, 7) is 1.62. The molecule has 0 amide bonds. The predicted octanol–water partition coefficient (Wildman–Crippen LogP) is -1.67. The zero-order valence-corrected chi connectivity index (χ0v) is 6.43. The van der Waals surface area contributed by atoms with Crippen molar-refractivity contribution in [2.45, 2.75) is 13.0 Å².